The fourth-order valence-electron chi connectivity index (χ4n) is 3.17. The van der Waals surface area contributed by atoms with E-state index in [1.807, 2.05) is 24.3 Å². The summed E-state index contributed by atoms with van der Waals surface area (Å²) in [5, 5.41) is 6.04. The predicted molar refractivity (Wildman–Crippen MR) is 89.8 cm³/mol. The van der Waals surface area contributed by atoms with Crippen LogP contribution in [-0.4, -0.2) is 37.8 Å². The van der Waals surface area contributed by atoms with Crippen molar-refractivity contribution in [2.75, 3.05) is 25.0 Å². The Morgan fingerprint density at radius 1 is 1.13 bits per heavy atom. The van der Waals surface area contributed by atoms with Gasteiger partial charge in [0.15, 0.2) is 0 Å². The zero-order valence-electron chi connectivity index (χ0n) is 13.6. The molecule has 1 saturated carbocycles. The molecule has 0 unspecified atom stereocenters. The van der Waals surface area contributed by atoms with Gasteiger partial charge in [0.2, 0.25) is 5.91 Å². The molecule has 0 spiro atoms. The van der Waals surface area contributed by atoms with Gasteiger partial charge in [-0.3, -0.25) is 4.79 Å². The van der Waals surface area contributed by atoms with Crippen molar-refractivity contribution in [3.05, 3.63) is 24.3 Å². The van der Waals surface area contributed by atoms with Crippen LogP contribution in [0.5, 0.6) is 5.75 Å². The molecule has 3 rings (SSSR count). The van der Waals surface area contributed by atoms with Crippen LogP contribution in [0.1, 0.15) is 38.5 Å². The first-order chi connectivity index (χ1) is 11.3. The number of hydrogen-bond acceptors (Lipinski definition) is 4. The maximum atomic E-state index is 11.9. The summed E-state index contributed by atoms with van der Waals surface area (Å²) in [5.74, 6) is 0.846. The summed E-state index contributed by atoms with van der Waals surface area (Å²) in [6, 6.07) is 7.63. The Labute approximate surface area is 137 Å². The molecule has 1 heterocycles. The number of benzene rings is 1. The lowest BCUT2D eigenvalue weighted by atomic mass is 10.2. The maximum absolute atomic E-state index is 11.9. The number of ether oxygens (including phenoxy) is 2. The van der Waals surface area contributed by atoms with E-state index in [4.69, 9.17) is 9.47 Å². The van der Waals surface area contributed by atoms with Gasteiger partial charge in [-0.1, -0.05) is 0 Å². The SMILES string of the molecule is O=C(CNC[C@H]1CCCO1)Nc1ccc(OC2CCCC2)cc1. The van der Waals surface area contributed by atoms with Crippen molar-refractivity contribution in [2.24, 2.45) is 0 Å². The van der Waals surface area contributed by atoms with Crippen LogP contribution in [0.3, 0.4) is 0 Å². The third-order valence-electron chi connectivity index (χ3n) is 4.42. The van der Waals surface area contributed by atoms with Gasteiger partial charge in [-0.25, -0.2) is 0 Å². The molecule has 0 aromatic heterocycles. The van der Waals surface area contributed by atoms with E-state index in [0.29, 0.717) is 12.6 Å². The zero-order chi connectivity index (χ0) is 15.9. The van der Waals surface area contributed by atoms with E-state index in [0.717, 1.165) is 50.3 Å². The van der Waals surface area contributed by atoms with E-state index in [9.17, 15) is 4.79 Å². The van der Waals surface area contributed by atoms with E-state index < -0.39 is 0 Å². The van der Waals surface area contributed by atoms with Gasteiger partial charge >= 0.3 is 0 Å². The van der Waals surface area contributed by atoms with E-state index >= 15 is 0 Å². The van der Waals surface area contributed by atoms with Crippen LogP contribution in [0, 0.1) is 0 Å². The summed E-state index contributed by atoms with van der Waals surface area (Å²) in [5.41, 5.74) is 0.799. The quantitative estimate of drug-likeness (QED) is 0.811. The standard InChI is InChI=1S/C18H26N2O3/c21-18(13-19-12-17-6-3-11-22-17)20-14-7-9-16(10-8-14)23-15-4-1-2-5-15/h7-10,15,17,19H,1-6,11-13H2,(H,20,21)/t17-/m1/s1. The highest BCUT2D eigenvalue weighted by molar-refractivity contribution is 5.92. The molecule has 23 heavy (non-hydrogen) atoms. The lowest BCUT2D eigenvalue weighted by molar-refractivity contribution is -0.115. The molecule has 1 saturated heterocycles. The van der Waals surface area contributed by atoms with Crippen molar-refractivity contribution >= 4 is 11.6 Å². The smallest absolute Gasteiger partial charge is 0.238 e. The van der Waals surface area contributed by atoms with Gasteiger partial charge in [0, 0.05) is 18.8 Å². The first kappa shape index (κ1) is 16.3. The average Bonchev–Trinajstić information content (AvgIpc) is 3.23. The van der Waals surface area contributed by atoms with Crippen molar-refractivity contribution in [3.63, 3.8) is 0 Å². The number of amides is 1. The van der Waals surface area contributed by atoms with Crippen LogP contribution in [0.4, 0.5) is 5.69 Å². The Morgan fingerprint density at radius 2 is 1.91 bits per heavy atom. The first-order valence-corrected chi connectivity index (χ1v) is 8.68. The normalized spacial score (nSPS) is 21.5. The molecule has 126 valence electrons. The van der Waals surface area contributed by atoms with E-state index in [-0.39, 0.29) is 12.0 Å². The zero-order valence-corrected chi connectivity index (χ0v) is 13.6. The monoisotopic (exact) mass is 318 g/mol. The number of anilines is 1. The largest absolute Gasteiger partial charge is 0.490 e. The molecule has 0 radical (unpaired) electrons. The number of carbonyl (C=O) groups excluding carboxylic acids is 1. The second-order valence-electron chi connectivity index (χ2n) is 6.36. The fourth-order valence-corrected chi connectivity index (χ4v) is 3.17. The number of rotatable bonds is 7. The van der Waals surface area contributed by atoms with Gasteiger partial charge in [-0.05, 0) is 62.8 Å². The second kappa shape index (κ2) is 8.31. The van der Waals surface area contributed by atoms with Crippen molar-refractivity contribution in [2.45, 2.75) is 50.7 Å². The van der Waals surface area contributed by atoms with Gasteiger partial charge < -0.3 is 20.1 Å². The Balaban J connectivity index is 1.37. The van der Waals surface area contributed by atoms with Crippen LogP contribution in [0.2, 0.25) is 0 Å². The minimum Gasteiger partial charge on any atom is -0.490 e. The molecule has 5 nitrogen and oxygen atoms in total. The molecule has 1 amide bonds. The Hall–Kier alpha value is -1.59. The van der Waals surface area contributed by atoms with Crippen molar-refractivity contribution in [1.82, 2.24) is 5.32 Å². The van der Waals surface area contributed by atoms with Crippen LogP contribution in [-0.2, 0) is 9.53 Å². The van der Waals surface area contributed by atoms with Gasteiger partial charge in [0.25, 0.3) is 0 Å². The minimum absolute atomic E-state index is 0.0348. The molecular formula is C18H26N2O3. The highest BCUT2D eigenvalue weighted by Gasteiger charge is 2.17. The molecule has 5 heteroatoms. The van der Waals surface area contributed by atoms with Crippen molar-refractivity contribution in [3.8, 4) is 5.75 Å². The Kier molecular flexibility index (Phi) is 5.88. The number of carbonyl (C=O) groups is 1. The summed E-state index contributed by atoms with van der Waals surface area (Å²) >= 11 is 0. The van der Waals surface area contributed by atoms with Gasteiger partial charge in [-0.2, -0.15) is 0 Å². The molecule has 1 aliphatic carbocycles. The molecule has 2 fully saturated rings. The van der Waals surface area contributed by atoms with Gasteiger partial charge in [0.1, 0.15) is 5.75 Å². The average molecular weight is 318 g/mol. The maximum Gasteiger partial charge on any atom is 0.238 e. The minimum atomic E-state index is -0.0348. The van der Waals surface area contributed by atoms with Gasteiger partial charge in [0.05, 0.1) is 18.8 Å². The van der Waals surface area contributed by atoms with Crippen molar-refractivity contribution < 1.29 is 14.3 Å². The number of hydrogen-bond donors (Lipinski definition) is 2. The Bertz CT molecular complexity index is 491. The lowest BCUT2D eigenvalue weighted by Crippen LogP contribution is -2.33. The third-order valence-corrected chi connectivity index (χ3v) is 4.42. The lowest BCUT2D eigenvalue weighted by Gasteiger charge is -2.14. The molecule has 2 aliphatic rings. The van der Waals surface area contributed by atoms with Gasteiger partial charge in [-0.15, -0.1) is 0 Å². The van der Waals surface area contributed by atoms with E-state index in [1.165, 1.54) is 12.8 Å². The summed E-state index contributed by atoms with van der Waals surface area (Å²) in [6.45, 7) is 1.88. The summed E-state index contributed by atoms with van der Waals surface area (Å²) in [4.78, 5) is 11.9. The molecule has 2 N–H and O–H groups in total. The summed E-state index contributed by atoms with van der Waals surface area (Å²) in [7, 11) is 0. The molecule has 0 bridgehead atoms. The molecule has 1 aliphatic heterocycles. The molecule has 1 aromatic carbocycles. The second-order valence-corrected chi connectivity index (χ2v) is 6.36. The van der Waals surface area contributed by atoms with Crippen LogP contribution in [0.25, 0.3) is 0 Å². The molecule has 1 atom stereocenters. The van der Waals surface area contributed by atoms with Crippen LogP contribution < -0.4 is 15.4 Å². The summed E-state index contributed by atoms with van der Waals surface area (Å²) < 4.78 is 11.4. The first-order valence-electron chi connectivity index (χ1n) is 8.68. The van der Waals surface area contributed by atoms with E-state index in [2.05, 4.69) is 10.6 Å². The highest BCUT2D eigenvalue weighted by Crippen LogP contribution is 2.24. The topological polar surface area (TPSA) is 59.6 Å². The predicted octanol–water partition coefficient (Wildman–Crippen LogP) is 2.72. The highest BCUT2D eigenvalue weighted by atomic mass is 16.5. The third kappa shape index (κ3) is 5.22. The number of nitrogens with one attached hydrogen (secondary N) is 2. The fraction of sp³-hybridized carbons (Fsp3) is 0.611. The summed E-state index contributed by atoms with van der Waals surface area (Å²) in [6.07, 6.45) is 7.64. The van der Waals surface area contributed by atoms with E-state index in [1.54, 1.807) is 0 Å². The molecule has 1 aromatic rings. The molecular weight excluding hydrogens is 292 g/mol. The van der Waals surface area contributed by atoms with Crippen LogP contribution >= 0.6 is 0 Å². The Morgan fingerprint density at radius 3 is 2.61 bits per heavy atom. The van der Waals surface area contributed by atoms with Crippen molar-refractivity contribution in [1.29, 1.82) is 0 Å². The van der Waals surface area contributed by atoms with Crippen LogP contribution in [0.15, 0.2) is 24.3 Å².